The molecule has 0 aliphatic carbocycles. The molecule has 1 rings (SSSR count). The second-order valence-corrected chi connectivity index (χ2v) is 5.62. The Bertz CT molecular complexity index is 651. The van der Waals surface area contributed by atoms with Crippen LogP contribution in [0.4, 0.5) is 0 Å². The number of para-hydroxylation sites is 1. The fourth-order valence-corrected chi connectivity index (χ4v) is 1.66. The van der Waals surface area contributed by atoms with E-state index in [1.807, 2.05) is 6.07 Å². The molecule has 0 aliphatic rings. The second-order valence-electron chi connectivity index (χ2n) is 5.62. The molecule has 0 bridgehead atoms. The molecule has 0 aliphatic heterocycles. The quantitative estimate of drug-likeness (QED) is 0.571. The molecule has 0 saturated carbocycles. The summed E-state index contributed by atoms with van der Waals surface area (Å²) < 4.78 is 9.99. The van der Waals surface area contributed by atoms with Crippen LogP contribution in [0.25, 0.3) is 0 Å². The summed E-state index contributed by atoms with van der Waals surface area (Å²) >= 11 is 0. The molecule has 1 amide bonds. The topological polar surface area (TPSA) is 105 Å². The fraction of sp³-hybridized carbons (Fsp3) is 0.412. The lowest BCUT2D eigenvalue weighted by atomic mass is 9.90. The van der Waals surface area contributed by atoms with Gasteiger partial charge in [-0.3, -0.25) is 9.59 Å². The minimum Gasteiger partial charge on any atom is -0.481 e. The summed E-state index contributed by atoms with van der Waals surface area (Å²) in [5, 5.41) is 11.6. The summed E-state index contributed by atoms with van der Waals surface area (Å²) in [6.45, 7) is 4.25. The number of amides is 1. The lowest BCUT2D eigenvalue weighted by Crippen LogP contribution is -2.50. The minimum atomic E-state index is -1.04. The van der Waals surface area contributed by atoms with Crippen LogP contribution in [0.3, 0.4) is 0 Å². The van der Waals surface area contributed by atoms with Crippen molar-refractivity contribution >= 4 is 18.2 Å². The summed E-state index contributed by atoms with van der Waals surface area (Å²) in [4.78, 5) is 34.2. The Morgan fingerprint density at radius 3 is 2.58 bits per heavy atom. The zero-order chi connectivity index (χ0) is 18.2. The third-order valence-electron chi connectivity index (χ3n) is 3.54. The van der Waals surface area contributed by atoms with Gasteiger partial charge in [0.2, 0.25) is 0 Å². The molecular weight excluding hydrogens is 312 g/mol. The maximum atomic E-state index is 11.8. The summed E-state index contributed by atoms with van der Waals surface area (Å²) in [6, 6.07) is 8.45. The first-order valence-corrected chi connectivity index (χ1v) is 7.37. The van der Waals surface area contributed by atoms with Gasteiger partial charge in [0.05, 0.1) is 11.6 Å². The molecule has 7 nitrogen and oxygen atoms in total. The van der Waals surface area contributed by atoms with Crippen LogP contribution in [0.5, 0.6) is 5.75 Å². The highest BCUT2D eigenvalue weighted by atomic mass is 16.6. The molecule has 7 heteroatoms. The summed E-state index contributed by atoms with van der Waals surface area (Å²) in [5.74, 6) is -1.18. The van der Waals surface area contributed by atoms with E-state index in [1.54, 1.807) is 45.0 Å². The lowest BCUT2D eigenvalue weighted by molar-refractivity contribution is -0.150. The van der Waals surface area contributed by atoms with E-state index in [-0.39, 0.29) is 11.7 Å². The minimum absolute atomic E-state index is 0.106. The first-order valence-electron chi connectivity index (χ1n) is 7.37. The van der Waals surface area contributed by atoms with Gasteiger partial charge >= 0.3 is 5.97 Å². The number of nitrogens with one attached hydrogen (secondary N) is 1. The van der Waals surface area contributed by atoms with Crippen molar-refractivity contribution in [3.63, 3.8) is 0 Å². The number of benzene rings is 1. The predicted octanol–water partition coefficient (Wildman–Crippen LogP) is 1.48. The van der Waals surface area contributed by atoms with Crippen LogP contribution < -0.4 is 10.1 Å². The van der Waals surface area contributed by atoms with Crippen LogP contribution in [0.15, 0.2) is 24.3 Å². The number of esters is 1. The van der Waals surface area contributed by atoms with E-state index >= 15 is 0 Å². The highest BCUT2D eigenvalue weighted by Crippen LogP contribution is 2.16. The molecule has 128 valence electrons. The van der Waals surface area contributed by atoms with Crippen LogP contribution >= 0.6 is 0 Å². The van der Waals surface area contributed by atoms with Crippen molar-refractivity contribution in [3.8, 4) is 11.8 Å². The number of hydrogen-bond donors (Lipinski definition) is 1. The van der Waals surface area contributed by atoms with Gasteiger partial charge in [-0.15, -0.1) is 0 Å². The van der Waals surface area contributed by atoms with Gasteiger partial charge in [0.15, 0.2) is 19.5 Å². The molecular formula is C17H20N2O5. The molecule has 0 unspecified atom stereocenters. The lowest BCUT2D eigenvalue weighted by Gasteiger charge is -2.27. The van der Waals surface area contributed by atoms with Crippen molar-refractivity contribution in [2.24, 2.45) is 5.92 Å². The van der Waals surface area contributed by atoms with Crippen LogP contribution in [-0.4, -0.2) is 36.9 Å². The first-order chi connectivity index (χ1) is 11.3. The molecule has 0 spiro atoms. The van der Waals surface area contributed by atoms with Crippen molar-refractivity contribution in [2.75, 3.05) is 13.2 Å². The van der Waals surface area contributed by atoms with Crippen LogP contribution in [0.1, 0.15) is 31.1 Å². The third kappa shape index (κ3) is 5.39. The molecule has 0 radical (unpaired) electrons. The molecule has 0 saturated heterocycles. The molecule has 0 aromatic heterocycles. The van der Waals surface area contributed by atoms with E-state index in [1.165, 1.54) is 0 Å². The van der Waals surface area contributed by atoms with E-state index in [2.05, 4.69) is 5.32 Å². The number of rotatable bonds is 8. The van der Waals surface area contributed by atoms with Crippen LogP contribution in [0, 0.1) is 17.2 Å². The van der Waals surface area contributed by atoms with Crippen molar-refractivity contribution in [3.05, 3.63) is 29.8 Å². The average molecular weight is 332 g/mol. The van der Waals surface area contributed by atoms with E-state index in [0.29, 0.717) is 11.8 Å². The van der Waals surface area contributed by atoms with Crippen LogP contribution in [-0.2, 0) is 14.3 Å². The van der Waals surface area contributed by atoms with Gasteiger partial charge in [0.1, 0.15) is 11.3 Å². The van der Waals surface area contributed by atoms with Gasteiger partial charge in [-0.1, -0.05) is 26.0 Å². The maximum Gasteiger partial charge on any atom is 0.344 e. The molecule has 0 fully saturated rings. The van der Waals surface area contributed by atoms with Gasteiger partial charge in [0, 0.05) is 0 Å². The Hall–Kier alpha value is -2.88. The van der Waals surface area contributed by atoms with Crippen molar-refractivity contribution < 1.29 is 23.9 Å². The Morgan fingerprint density at radius 1 is 1.33 bits per heavy atom. The summed E-state index contributed by atoms with van der Waals surface area (Å²) in [6.07, 6.45) is 0.614. The first kappa shape index (κ1) is 19.2. The van der Waals surface area contributed by atoms with Gasteiger partial charge in [-0.2, -0.15) is 5.26 Å². The Balaban J connectivity index is 2.45. The number of aldehydes is 1. The number of nitrogens with zero attached hydrogens (tertiary/aromatic N) is 1. The van der Waals surface area contributed by atoms with E-state index < -0.39 is 30.6 Å². The Labute approximate surface area is 140 Å². The second kappa shape index (κ2) is 8.67. The predicted molar refractivity (Wildman–Crippen MR) is 85.3 cm³/mol. The number of ether oxygens (including phenoxy) is 2. The molecule has 24 heavy (non-hydrogen) atoms. The Kier molecular flexibility index (Phi) is 6.93. The zero-order valence-corrected chi connectivity index (χ0v) is 13.9. The highest BCUT2D eigenvalue weighted by molar-refractivity contribution is 5.82. The van der Waals surface area contributed by atoms with E-state index in [0.717, 1.165) is 0 Å². The van der Waals surface area contributed by atoms with Crippen molar-refractivity contribution in [1.82, 2.24) is 5.32 Å². The molecule has 0 heterocycles. The number of nitriles is 1. The molecule has 1 aromatic rings. The highest BCUT2D eigenvalue weighted by Gasteiger charge is 2.30. The Morgan fingerprint density at radius 2 is 2.00 bits per heavy atom. The zero-order valence-electron chi connectivity index (χ0n) is 13.9. The third-order valence-corrected chi connectivity index (χ3v) is 3.54. The molecule has 1 atom stereocenters. The normalized spacial score (nSPS) is 12.6. The van der Waals surface area contributed by atoms with Gasteiger partial charge in [0.25, 0.3) is 5.91 Å². The van der Waals surface area contributed by atoms with Crippen molar-refractivity contribution in [1.29, 1.82) is 5.26 Å². The molecule has 1 N–H and O–H groups in total. The van der Waals surface area contributed by atoms with Gasteiger partial charge in [-0.05, 0) is 25.0 Å². The number of hydrogen-bond acceptors (Lipinski definition) is 6. The van der Waals surface area contributed by atoms with E-state index in [9.17, 15) is 14.4 Å². The largest absolute Gasteiger partial charge is 0.481 e. The summed E-state index contributed by atoms with van der Waals surface area (Å²) in [5.41, 5.74) is -0.729. The van der Waals surface area contributed by atoms with Gasteiger partial charge < -0.3 is 14.8 Å². The van der Waals surface area contributed by atoms with Gasteiger partial charge in [-0.25, -0.2) is 4.79 Å². The van der Waals surface area contributed by atoms with Crippen molar-refractivity contribution in [2.45, 2.75) is 26.3 Å². The monoisotopic (exact) mass is 332 g/mol. The maximum absolute atomic E-state index is 11.8. The molecule has 1 aromatic carbocycles. The smallest absolute Gasteiger partial charge is 0.344 e. The fourth-order valence-electron chi connectivity index (χ4n) is 1.66. The average Bonchev–Trinajstić information content (AvgIpc) is 2.57. The van der Waals surface area contributed by atoms with Crippen LogP contribution in [0.2, 0.25) is 0 Å². The SMILES string of the molecule is CC(C)[C@](C)(C#N)NC(=O)COC(=O)COc1ccccc1C=O. The van der Waals surface area contributed by atoms with E-state index in [4.69, 9.17) is 14.7 Å². The number of carbonyl (C=O) groups excluding carboxylic acids is 3. The standard InChI is InChI=1S/C17H20N2O5/c1-12(2)17(3,11-18)19-15(21)9-24-16(22)10-23-14-7-5-4-6-13(14)8-20/h4-8,12H,9-10H2,1-3H3,(H,19,21)/t17-/m0/s1. The summed E-state index contributed by atoms with van der Waals surface area (Å²) in [7, 11) is 0. The number of carbonyl (C=O) groups is 3.